The summed E-state index contributed by atoms with van der Waals surface area (Å²) in [7, 11) is -3.41. The van der Waals surface area contributed by atoms with Gasteiger partial charge in [-0.1, -0.05) is 6.07 Å². The third kappa shape index (κ3) is 4.57. The molecule has 0 aliphatic carbocycles. The number of nitrogens with one attached hydrogen (secondary N) is 3. The summed E-state index contributed by atoms with van der Waals surface area (Å²) in [4.78, 5) is 16.7. The number of nitrogens with zero attached hydrogens (tertiary/aromatic N) is 4. The van der Waals surface area contributed by atoms with Crippen molar-refractivity contribution in [2.45, 2.75) is 6.54 Å². The predicted molar refractivity (Wildman–Crippen MR) is 139 cm³/mol. The molecular formula is C26H20FN7O2S. The zero-order valence-electron chi connectivity index (χ0n) is 19.5. The lowest BCUT2D eigenvalue weighted by atomic mass is 10.0. The maximum absolute atomic E-state index is 14.5. The summed E-state index contributed by atoms with van der Waals surface area (Å²) in [5.74, 6) is -0.463. The summed E-state index contributed by atoms with van der Waals surface area (Å²) in [6.07, 6.45) is 6.18. The highest BCUT2D eigenvalue weighted by Crippen LogP contribution is 2.34. The van der Waals surface area contributed by atoms with Crippen LogP contribution in [0, 0.1) is 5.82 Å². The highest BCUT2D eigenvalue weighted by atomic mass is 32.2. The van der Waals surface area contributed by atoms with E-state index in [1.165, 1.54) is 12.1 Å². The average molecular weight is 514 g/mol. The largest absolute Gasteiger partial charge is 0.338 e. The quantitative estimate of drug-likeness (QED) is 0.302. The van der Waals surface area contributed by atoms with Crippen molar-refractivity contribution in [2.24, 2.45) is 0 Å². The Hall–Kier alpha value is -4.48. The summed E-state index contributed by atoms with van der Waals surface area (Å²) >= 11 is 0. The maximum Gasteiger partial charge on any atom is 0.209 e. The van der Waals surface area contributed by atoms with Crippen LogP contribution in [0.25, 0.3) is 55.8 Å². The van der Waals surface area contributed by atoms with E-state index in [4.69, 9.17) is 0 Å². The summed E-state index contributed by atoms with van der Waals surface area (Å²) in [5.41, 5.74) is 6.16. The Morgan fingerprint density at radius 2 is 1.81 bits per heavy atom. The minimum Gasteiger partial charge on any atom is -0.338 e. The first-order valence-electron chi connectivity index (χ1n) is 11.3. The molecule has 6 rings (SSSR count). The highest BCUT2D eigenvalue weighted by molar-refractivity contribution is 7.88. The van der Waals surface area contributed by atoms with Crippen molar-refractivity contribution in [2.75, 3.05) is 6.26 Å². The van der Waals surface area contributed by atoms with Gasteiger partial charge in [-0.25, -0.2) is 27.5 Å². The van der Waals surface area contributed by atoms with Gasteiger partial charge in [-0.15, -0.1) is 0 Å². The van der Waals surface area contributed by atoms with Crippen LogP contribution in [0.4, 0.5) is 4.39 Å². The molecule has 5 aromatic heterocycles. The van der Waals surface area contributed by atoms with Crippen LogP contribution < -0.4 is 4.72 Å². The van der Waals surface area contributed by atoms with Crippen LogP contribution in [0.2, 0.25) is 0 Å². The predicted octanol–water partition coefficient (Wildman–Crippen LogP) is 4.42. The van der Waals surface area contributed by atoms with Crippen molar-refractivity contribution < 1.29 is 12.8 Å². The van der Waals surface area contributed by atoms with Crippen LogP contribution in [-0.4, -0.2) is 44.8 Å². The molecular weight excluding hydrogens is 493 g/mol. The monoisotopic (exact) mass is 513 g/mol. The molecule has 184 valence electrons. The van der Waals surface area contributed by atoms with Crippen LogP contribution >= 0.6 is 0 Å². The zero-order chi connectivity index (χ0) is 25.6. The molecule has 0 spiro atoms. The van der Waals surface area contributed by atoms with Gasteiger partial charge in [-0.3, -0.25) is 10.1 Å². The lowest BCUT2D eigenvalue weighted by Crippen LogP contribution is -2.21. The van der Waals surface area contributed by atoms with Crippen molar-refractivity contribution in [1.29, 1.82) is 0 Å². The number of halogens is 1. The Labute approximate surface area is 210 Å². The van der Waals surface area contributed by atoms with Crippen LogP contribution in [0.5, 0.6) is 0 Å². The van der Waals surface area contributed by atoms with E-state index in [-0.39, 0.29) is 6.54 Å². The molecule has 3 N–H and O–H groups in total. The Bertz CT molecular complexity index is 1880. The second-order valence-corrected chi connectivity index (χ2v) is 10.5. The summed E-state index contributed by atoms with van der Waals surface area (Å²) in [6, 6.07) is 15.9. The third-order valence-electron chi connectivity index (χ3n) is 5.97. The van der Waals surface area contributed by atoms with E-state index < -0.39 is 15.8 Å². The molecule has 0 aliphatic rings. The van der Waals surface area contributed by atoms with Gasteiger partial charge in [0.2, 0.25) is 10.0 Å². The minimum absolute atomic E-state index is 0.0128. The summed E-state index contributed by atoms with van der Waals surface area (Å²) in [6.45, 7) is -0.0128. The van der Waals surface area contributed by atoms with E-state index in [0.29, 0.717) is 28.1 Å². The number of rotatable bonds is 6. The number of H-pyrrole nitrogens is 2. The molecule has 5 heterocycles. The van der Waals surface area contributed by atoms with Crippen LogP contribution in [0.1, 0.15) is 5.56 Å². The van der Waals surface area contributed by atoms with Crippen molar-refractivity contribution >= 4 is 32.1 Å². The Balaban J connectivity index is 1.44. The van der Waals surface area contributed by atoms with E-state index in [2.05, 4.69) is 34.9 Å². The molecule has 0 unspecified atom stereocenters. The average Bonchev–Trinajstić information content (AvgIpc) is 3.51. The molecule has 0 aliphatic heterocycles. The standard InChI is InChI=1S/C26H20FN7O2S/c1-37(35,36)31-13-15-8-16(10-18(27)9-15)19-5-7-29-25-20(19)12-23(32-25)24-21-11-17(14-30-26(21)34-33-24)22-4-2-3-6-28-22/h2-12,14,31H,13H2,1H3,(H,29,32)(H,30,33,34). The van der Waals surface area contributed by atoms with Gasteiger partial charge in [-0.2, -0.15) is 5.10 Å². The number of pyridine rings is 3. The highest BCUT2D eigenvalue weighted by Gasteiger charge is 2.16. The number of sulfonamides is 1. The molecule has 0 bridgehead atoms. The number of hydrogen-bond acceptors (Lipinski definition) is 6. The molecule has 0 radical (unpaired) electrons. The molecule has 0 saturated carbocycles. The number of fused-ring (bicyclic) bond motifs is 2. The third-order valence-corrected chi connectivity index (χ3v) is 6.64. The first kappa shape index (κ1) is 23.0. The van der Waals surface area contributed by atoms with Gasteiger partial charge < -0.3 is 4.98 Å². The molecule has 37 heavy (non-hydrogen) atoms. The lowest BCUT2D eigenvalue weighted by molar-refractivity contribution is 0.586. The fourth-order valence-corrected chi connectivity index (χ4v) is 4.74. The normalized spacial score (nSPS) is 11.9. The van der Waals surface area contributed by atoms with E-state index in [1.54, 1.807) is 30.7 Å². The minimum atomic E-state index is -3.41. The second kappa shape index (κ2) is 8.87. The smallest absolute Gasteiger partial charge is 0.209 e. The summed E-state index contributed by atoms with van der Waals surface area (Å²) in [5, 5.41) is 9.04. The first-order chi connectivity index (χ1) is 17.8. The van der Waals surface area contributed by atoms with Gasteiger partial charge in [-0.05, 0) is 65.2 Å². The van der Waals surface area contributed by atoms with Crippen molar-refractivity contribution in [1.82, 2.24) is 34.9 Å². The molecule has 1 aromatic carbocycles. The van der Waals surface area contributed by atoms with Gasteiger partial charge in [0, 0.05) is 41.5 Å². The van der Waals surface area contributed by atoms with Gasteiger partial charge >= 0.3 is 0 Å². The van der Waals surface area contributed by atoms with Gasteiger partial charge in [0.15, 0.2) is 5.65 Å². The molecule has 6 aromatic rings. The molecule has 9 nitrogen and oxygen atoms in total. The molecule has 0 fully saturated rings. The summed E-state index contributed by atoms with van der Waals surface area (Å²) < 4.78 is 39.9. The Morgan fingerprint density at radius 1 is 0.919 bits per heavy atom. The molecule has 0 atom stereocenters. The number of aromatic nitrogens is 6. The van der Waals surface area contributed by atoms with E-state index in [1.807, 2.05) is 30.3 Å². The topological polar surface area (TPSA) is 129 Å². The van der Waals surface area contributed by atoms with E-state index in [9.17, 15) is 12.8 Å². The van der Waals surface area contributed by atoms with Crippen molar-refractivity contribution in [3.05, 3.63) is 84.6 Å². The lowest BCUT2D eigenvalue weighted by Gasteiger charge is -2.08. The molecule has 0 amide bonds. The second-order valence-electron chi connectivity index (χ2n) is 8.65. The van der Waals surface area contributed by atoms with Gasteiger partial charge in [0.1, 0.15) is 17.2 Å². The number of benzene rings is 1. The van der Waals surface area contributed by atoms with Crippen LogP contribution in [-0.2, 0) is 16.6 Å². The van der Waals surface area contributed by atoms with Crippen molar-refractivity contribution in [3.63, 3.8) is 0 Å². The van der Waals surface area contributed by atoms with Crippen LogP contribution in [0.3, 0.4) is 0 Å². The first-order valence-corrected chi connectivity index (χ1v) is 13.2. The van der Waals surface area contributed by atoms with Gasteiger partial charge in [0.05, 0.1) is 17.6 Å². The van der Waals surface area contributed by atoms with Crippen LogP contribution in [0.15, 0.2) is 73.2 Å². The number of aromatic amines is 2. The number of hydrogen-bond donors (Lipinski definition) is 3. The fraction of sp³-hybridized carbons (Fsp3) is 0.0769. The van der Waals surface area contributed by atoms with Crippen molar-refractivity contribution in [3.8, 4) is 33.8 Å². The fourth-order valence-electron chi connectivity index (χ4n) is 4.31. The SMILES string of the molecule is CS(=O)(=O)NCc1cc(F)cc(-c2ccnc3[nH]c(-c4n[nH]c5ncc(-c6ccccn6)cc45)cc23)c1. The van der Waals surface area contributed by atoms with E-state index >= 15 is 0 Å². The zero-order valence-corrected chi connectivity index (χ0v) is 20.3. The molecule has 0 saturated heterocycles. The molecule has 11 heteroatoms. The van der Waals surface area contributed by atoms with E-state index in [0.717, 1.165) is 39.5 Å². The maximum atomic E-state index is 14.5. The Kier molecular flexibility index (Phi) is 5.50. The van der Waals surface area contributed by atoms with Gasteiger partial charge in [0.25, 0.3) is 0 Å². The Morgan fingerprint density at radius 3 is 2.62 bits per heavy atom.